The van der Waals surface area contributed by atoms with Crippen molar-refractivity contribution in [2.75, 3.05) is 11.9 Å². The Morgan fingerprint density at radius 1 is 1.71 bits per heavy atom. The summed E-state index contributed by atoms with van der Waals surface area (Å²) in [6.45, 7) is 7.04. The van der Waals surface area contributed by atoms with Crippen molar-refractivity contribution in [3.05, 3.63) is 23.7 Å². The normalized spacial score (nSPS) is 11.6. The Morgan fingerprint density at radius 3 is 3.00 bits per heavy atom. The minimum atomic E-state index is -0.742. The molecule has 1 heterocycles. The molecule has 1 unspecified atom stereocenters. The molecule has 0 bridgehead atoms. The highest BCUT2D eigenvalue weighted by Crippen LogP contribution is 2.16. The van der Waals surface area contributed by atoms with Gasteiger partial charge in [0, 0.05) is 11.9 Å². The van der Waals surface area contributed by atoms with Crippen molar-refractivity contribution in [2.45, 2.75) is 20.0 Å². The first-order valence-corrected chi connectivity index (χ1v) is 5.94. The van der Waals surface area contributed by atoms with Crippen molar-refractivity contribution in [1.82, 2.24) is 4.98 Å². The second kappa shape index (κ2) is 6.15. The first-order chi connectivity index (χ1) is 8.04. The lowest BCUT2D eigenvalue weighted by molar-refractivity contribution is -0.124. The number of hydrogen-bond donors (Lipinski definition) is 1. The number of esters is 1. The molecular weight excluding hydrogens is 240 g/mol. The smallest absolute Gasteiger partial charge is 0.358 e. The van der Waals surface area contributed by atoms with E-state index < -0.39 is 12.1 Å². The highest BCUT2D eigenvalue weighted by molar-refractivity contribution is 7.13. The number of hydrogen-bond acceptors (Lipinski definition) is 6. The molecule has 17 heavy (non-hydrogen) atoms. The van der Waals surface area contributed by atoms with Crippen molar-refractivity contribution in [3.63, 3.8) is 0 Å². The lowest BCUT2D eigenvalue weighted by Gasteiger charge is -2.07. The molecule has 1 N–H and O–H groups in total. The molecule has 5 nitrogen and oxygen atoms in total. The summed E-state index contributed by atoms with van der Waals surface area (Å²) in [7, 11) is 0. The van der Waals surface area contributed by atoms with Gasteiger partial charge in [-0.3, -0.25) is 4.79 Å². The summed E-state index contributed by atoms with van der Waals surface area (Å²) in [5.74, 6) is -0.783. The van der Waals surface area contributed by atoms with Crippen molar-refractivity contribution >= 4 is 28.2 Å². The molecule has 0 amide bonds. The van der Waals surface area contributed by atoms with E-state index in [-0.39, 0.29) is 11.5 Å². The predicted octanol–water partition coefficient (Wildman–Crippen LogP) is 1.88. The number of aromatic nitrogens is 1. The van der Waals surface area contributed by atoms with Gasteiger partial charge in [-0.2, -0.15) is 0 Å². The zero-order chi connectivity index (χ0) is 12.8. The van der Waals surface area contributed by atoms with E-state index in [2.05, 4.69) is 16.9 Å². The number of thiazole rings is 1. The third kappa shape index (κ3) is 3.99. The van der Waals surface area contributed by atoms with Gasteiger partial charge in [0.1, 0.15) is 0 Å². The van der Waals surface area contributed by atoms with Crippen LogP contribution in [0.4, 0.5) is 5.13 Å². The second-order valence-corrected chi connectivity index (χ2v) is 4.22. The number of ketones is 1. The Hall–Kier alpha value is -1.69. The van der Waals surface area contributed by atoms with Crippen molar-refractivity contribution in [3.8, 4) is 0 Å². The van der Waals surface area contributed by atoms with E-state index in [0.717, 1.165) is 0 Å². The predicted molar refractivity (Wildman–Crippen MR) is 66.4 cm³/mol. The Balaban J connectivity index is 2.60. The highest BCUT2D eigenvalue weighted by Gasteiger charge is 2.17. The average Bonchev–Trinajstić information content (AvgIpc) is 2.74. The lowest BCUT2D eigenvalue weighted by atomic mass is 10.3. The summed E-state index contributed by atoms with van der Waals surface area (Å²) in [5.41, 5.74) is 0.203. The number of carbonyl (C=O) groups excluding carboxylic acids is 2. The van der Waals surface area contributed by atoms with E-state index in [1.807, 2.05) is 0 Å². The number of rotatable bonds is 6. The first-order valence-electron chi connectivity index (χ1n) is 5.06. The zero-order valence-corrected chi connectivity index (χ0v) is 10.5. The maximum absolute atomic E-state index is 11.6. The quantitative estimate of drug-likeness (QED) is 0.620. The number of carbonyl (C=O) groups is 2. The van der Waals surface area contributed by atoms with E-state index >= 15 is 0 Å². The van der Waals surface area contributed by atoms with Crippen LogP contribution in [0, 0.1) is 0 Å². The van der Waals surface area contributed by atoms with Gasteiger partial charge in [-0.1, -0.05) is 6.08 Å². The summed E-state index contributed by atoms with van der Waals surface area (Å²) in [4.78, 5) is 26.5. The van der Waals surface area contributed by atoms with E-state index in [0.29, 0.717) is 11.7 Å². The molecule has 0 saturated heterocycles. The maximum Gasteiger partial charge on any atom is 0.358 e. The molecule has 0 aromatic carbocycles. The van der Waals surface area contributed by atoms with Gasteiger partial charge in [-0.25, -0.2) is 9.78 Å². The van der Waals surface area contributed by atoms with Crippen LogP contribution in [0.3, 0.4) is 0 Å². The van der Waals surface area contributed by atoms with Crippen molar-refractivity contribution < 1.29 is 14.3 Å². The molecule has 1 rings (SSSR count). The number of anilines is 1. The van der Waals surface area contributed by atoms with Crippen molar-refractivity contribution in [1.29, 1.82) is 0 Å². The monoisotopic (exact) mass is 254 g/mol. The van der Waals surface area contributed by atoms with Crippen LogP contribution in [-0.2, 0) is 9.53 Å². The van der Waals surface area contributed by atoms with Gasteiger partial charge in [-0.15, -0.1) is 17.9 Å². The Morgan fingerprint density at radius 2 is 2.41 bits per heavy atom. The fourth-order valence-corrected chi connectivity index (χ4v) is 1.60. The van der Waals surface area contributed by atoms with Gasteiger partial charge < -0.3 is 10.1 Å². The molecule has 0 radical (unpaired) electrons. The molecule has 1 atom stereocenters. The van der Waals surface area contributed by atoms with E-state index in [9.17, 15) is 9.59 Å². The second-order valence-electron chi connectivity index (χ2n) is 3.37. The first kappa shape index (κ1) is 13.4. The topological polar surface area (TPSA) is 68.3 Å². The van der Waals surface area contributed by atoms with Gasteiger partial charge in [0.05, 0.1) is 0 Å². The fraction of sp³-hybridized carbons (Fsp3) is 0.364. The average molecular weight is 254 g/mol. The molecule has 0 aliphatic rings. The summed E-state index contributed by atoms with van der Waals surface area (Å²) in [5, 5.41) is 5.16. The van der Waals surface area contributed by atoms with Crippen molar-refractivity contribution in [2.24, 2.45) is 0 Å². The van der Waals surface area contributed by atoms with E-state index in [4.69, 9.17) is 4.74 Å². The third-order valence-corrected chi connectivity index (χ3v) is 2.77. The van der Waals surface area contributed by atoms with Crippen LogP contribution < -0.4 is 5.32 Å². The van der Waals surface area contributed by atoms with Crippen LogP contribution >= 0.6 is 11.3 Å². The Bertz CT molecular complexity index is 428. The SMILES string of the molecule is C=CCNc1nc(C(=O)OC(C)C(C)=O)cs1. The Kier molecular flexibility index (Phi) is 4.84. The number of ether oxygens (including phenoxy) is 1. The molecule has 0 fully saturated rings. The number of nitrogens with one attached hydrogen (secondary N) is 1. The molecule has 0 spiro atoms. The molecule has 0 aliphatic carbocycles. The van der Waals surface area contributed by atoms with E-state index in [1.165, 1.54) is 25.2 Å². The van der Waals surface area contributed by atoms with Crippen LogP contribution in [0.5, 0.6) is 0 Å². The minimum absolute atomic E-state index is 0.196. The fourth-order valence-electron chi connectivity index (χ4n) is 0.912. The summed E-state index contributed by atoms with van der Waals surface area (Å²) < 4.78 is 4.92. The summed E-state index contributed by atoms with van der Waals surface area (Å²) >= 11 is 1.30. The van der Waals surface area contributed by atoms with Crippen LogP contribution in [0.1, 0.15) is 24.3 Å². The molecular formula is C11H14N2O3S. The van der Waals surface area contributed by atoms with Crippen LogP contribution in [-0.4, -0.2) is 29.4 Å². The van der Waals surface area contributed by atoms with Gasteiger partial charge in [-0.05, 0) is 13.8 Å². The molecule has 0 aliphatic heterocycles. The van der Waals surface area contributed by atoms with Crippen LogP contribution in [0.15, 0.2) is 18.0 Å². The van der Waals surface area contributed by atoms with Gasteiger partial charge in [0.25, 0.3) is 0 Å². The zero-order valence-electron chi connectivity index (χ0n) is 9.73. The summed E-state index contributed by atoms with van der Waals surface area (Å²) in [6, 6.07) is 0. The molecule has 6 heteroatoms. The highest BCUT2D eigenvalue weighted by atomic mass is 32.1. The number of Topliss-reactive ketones (excluding diaryl/α,β-unsaturated/α-hetero) is 1. The standard InChI is InChI=1S/C11H14N2O3S/c1-4-5-12-11-13-9(6-17-11)10(15)16-8(3)7(2)14/h4,6,8H,1,5H2,2-3H3,(H,12,13). The van der Waals surface area contributed by atoms with E-state index in [1.54, 1.807) is 11.5 Å². The molecule has 1 aromatic heterocycles. The van der Waals surface area contributed by atoms with Gasteiger partial charge in [0.15, 0.2) is 22.7 Å². The number of nitrogens with zero attached hydrogens (tertiary/aromatic N) is 1. The minimum Gasteiger partial charge on any atom is -0.450 e. The van der Waals surface area contributed by atoms with Crippen LogP contribution in [0.25, 0.3) is 0 Å². The largest absolute Gasteiger partial charge is 0.450 e. The maximum atomic E-state index is 11.6. The Labute approximate surface area is 104 Å². The third-order valence-electron chi connectivity index (χ3n) is 1.97. The molecule has 92 valence electrons. The summed E-state index contributed by atoms with van der Waals surface area (Å²) in [6.07, 6.45) is 0.950. The lowest BCUT2D eigenvalue weighted by Crippen LogP contribution is -2.22. The van der Waals surface area contributed by atoms with Gasteiger partial charge in [0.2, 0.25) is 0 Å². The van der Waals surface area contributed by atoms with Crippen LogP contribution in [0.2, 0.25) is 0 Å². The van der Waals surface area contributed by atoms with Gasteiger partial charge >= 0.3 is 5.97 Å². The molecule has 0 saturated carbocycles. The molecule has 1 aromatic rings.